The number of benzene rings is 2. The summed E-state index contributed by atoms with van der Waals surface area (Å²) in [5, 5.41) is 11.6. The largest absolute Gasteiger partial charge is 0.323 e. The van der Waals surface area contributed by atoms with Crippen LogP contribution in [0.1, 0.15) is 55.0 Å². The normalized spacial score (nSPS) is 21.2. The molecule has 9 nitrogen and oxygen atoms in total. The zero-order valence-corrected chi connectivity index (χ0v) is 25.8. The van der Waals surface area contributed by atoms with Gasteiger partial charge in [-0.3, -0.25) is 18.7 Å². The van der Waals surface area contributed by atoms with Gasteiger partial charge < -0.3 is 5.32 Å². The van der Waals surface area contributed by atoms with Crippen LogP contribution in [0.15, 0.2) is 83.2 Å². The van der Waals surface area contributed by atoms with Crippen LogP contribution in [0.5, 0.6) is 0 Å². The fraction of sp³-hybridized carbons (Fsp3) is 0.424. The first-order valence-corrected chi connectivity index (χ1v) is 16.7. The molecule has 6 rings (SSSR count). The maximum atomic E-state index is 14.1. The highest BCUT2D eigenvalue weighted by molar-refractivity contribution is 7.89. The molecule has 1 N–H and O–H groups in total. The minimum absolute atomic E-state index is 0.122. The SMILES string of the molecule is Cc1ccc(S(=O)(=O)N2C3=C(C=CC(C)C3)NC(=O)[C@H]2Cc2cn(CCc3ccc(CN4CCCCC4)cc3)nn2)cc1. The van der Waals surface area contributed by atoms with E-state index in [1.165, 1.54) is 47.8 Å². The summed E-state index contributed by atoms with van der Waals surface area (Å²) in [6.07, 6.45) is 11.0. The van der Waals surface area contributed by atoms with Crippen molar-refractivity contribution in [3.63, 3.8) is 0 Å². The number of amides is 1. The lowest BCUT2D eigenvalue weighted by atomic mass is 9.95. The topological polar surface area (TPSA) is 100 Å². The molecule has 2 aliphatic heterocycles. The molecule has 3 aliphatic rings. The van der Waals surface area contributed by atoms with Crippen molar-refractivity contribution >= 4 is 15.9 Å². The molecule has 0 radical (unpaired) electrons. The quantitative estimate of drug-likeness (QED) is 0.392. The van der Waals surface area contributed by atoms with Gasteiger partial charge in [0.15, 0.2) is 0 Å². The second-order valence-electron chi connectivity index (χ2n) is 12.1. The molecule has 0 saturated carbocycles. The smallest absolute Gasteiger partial charge is 0.264 e. The highest BCUT2D eigenvalue weighted by Gasteiger charge is 2.43. The molecule has 0 spiro atoms. The van der Waals surface area contributed by atoms with E-state index in [0.717, 1.165) is 18.5 Å². The summed E-state index contributed by atoms with van der Waals surface area (Å²) in [5.74, 6) is -0.224. The number of likely N-dealkylation sites (tertiary alicyclic amines) is 1. The first-order valence-electron chi connectivity index (χ1n) is 15.3. The van der Waals surface area contributed by atoms with Crippen LogP contribution in [0.2, 0.25) is 0 Å². The Morgan fingerprint density at radius 2 is 1.70 bits per heavy atom. The molecule has 1 unspecified atom stereocenters. The monoisotopic (exact) mass is 600 g/mol. The third-order valence-electron chi connectivity index (χ3n) is 8.60. The number of hydrogen-bond donors (Lipinski definition) is 1. The number of carbonyl (C=O) groups is 1. The van der Waals surface area contributed by atoms with Crippen molar-refractivity contribution in [3.05, 3.63) is 101 Å². The molecule has 3 heterocycles. The molecule has 226 valence electrons. The number of rotatable bonds is 9. The zero-order valence-electron chi connectivity index (χ0n) is 24.9. The van der Waals surface area contributed by atoms with E-state index >= 15 is 0 Å². The Balaban J connectivity index is 1.16. The fourth-order valence-corrected chi connectivity index (χ4v) is 7.83. The van der Waals surface area contributed by atoms with Gasteiger partial charge >= 0.3 is 0 Å². The first-order chi connectivity index (χ1) is 20.8. The Bertz CT molecular complexity index is 1620. The molecule has 1 amide bonds. The van der Waals surface area contributed by atoms with Crippen LogP contribution >= 0.6 is 0 Å². The molecule has 2 atom stereocenters. The lowest BCUT2D eigenvalue weighted by molar-refractivity contribution is -0.124. The Morgan fingerprint density at radius 3 is 2.44 bits per heavy atom. The zero-order chi connectivity index (χ0) is 30.0. The van der Waals surface area contributed by atoms with Crippen molar-refractivity contribution in [1.82, 2.24) is 29.5 Å². The van der Waals surface area contributed by atoms with Gasteiger partial charge in [0.25, 0.3) is 10.0 Å². The minimum atomic E-state index is -4.00. The molecule has 43 heavy (non-hydrogen) atoms. The van der Waals surface area contributed by atoms with Crippen LogP contribution in [0.25, 0.3) is 0 Å². The first kappa shape index (κ1) is 29.3. The number of allylic oxidation sites excluding steroid dienone is 3. The van der Waals surface area contributed by atoms with Gasteiger partial charge in [0, 0.05) is 25.7 Å². The second kappa shape index (κ2) is 12.5. The van der Waals surface area contributed by atoms with Gasteiger partial charge in [-0.25, -0.2) is 8.42 Å². The lowest BCUT2D eigenvalue weighted by Crippen LogP contribution is -2.55. The summed E-state index contributed by atoms with van der Waals surface area (Å²) in [5.41, 5.74) is 5.25. The van der Waals surface area contributed by atoms with E-state index < -0.39 is 16.1 Å². The van der Waals surface area contributed by atoms with Gasteiger partial charge in [0.1, 0.15) is 6.04 Å². The Labute approximate surface area is 254 Å². The average molecular weight is 601 g/mol. The standard InChI is InChI=1S/C33H40N6O3S/c1-24-6-13-29(14-7-24)43(41,42)39-31-20-25(2)8-15-30(31)34-33(40)32(39)21-28-23-38(36-35-28)19-16-26-9-11-27(12-10-26)22-37-17-4-3-5-18-37/h6-15,23,25,32H,3-5,16-22H2,1-2H3,(H,34,40)/t25?,32-/m1/s1. The molecule has 1 aromatic heterocycles. The highest BCUT2D eigenvalue weighted by atomic mass is 32.2. The Kier molecular flexibility index (Phi) is 8.50. The van der Waals surface area contributed by atoms with Gasteiger partial charge in [-0.05, 0) is 81.0 Å². The molecule has 10 heteroatoms. The molecular weight excluding hydrogens is 560 g/mol. The van der Waals surface area contributed by atoms with Gasteiger partial charge in [-0.2, -0.15) is 0 Å². The van der Waals surface area contributed by atoms with Gasteiger partial charge in [-0.15, -0.1) is 5.10 Å². The lowest BCUT2D eigenvalue weighted by Gasteiger charge is -2.40. The molecule has 1 saturated heterocycles. The van der Waals surface area contributed by atoms with Gasteiger partial charge in [0.05, 0.1) is 22.0 Å². The molecule has 0 bridgehead atoms. The summed E-state index contributed by atoms with van der Waals surface area (Å²) < 4.78 is 31.2. The summed E-state index contributed by atoms with van der Waals surface area (Å²) in [6.45, 7) is 7.96. The van der Waals surface area contributed by atoms with Crippen molar-refractivity contribution in [2.24, 2.45) is 5.92 Å². The average Bonchev–Trinajstić information content (AvgIpc) is 3.45. The van der Waals surface area contributed by atoms with E-state index in [1.54, 1.807) is 28.9 Å². The van der Waals surface area contributed by atoms with E-state index in [2.05, 4.69) is 44.8 Å². The van der Waals surface area contributed by atoms with Crippen LogP contribution in [-0.4, -0.2) is 57.7 Å². The van der Waals surface area contributed by atoms with Crippen LogP contribution in [0.4, 0.5) is 0 Å². The fourth-order valence-electron chi connectivity index (χ4n) is 6.15. The summed E-state index contributed by atoms with van der Waals surface area (Å²) in [4.78, 5) is 16.1. The Hall–Kier alpha value is -3.76. The van der Waals surface area contributed by atoms with Crippen molar-refractivity contribution in [1.29, 1.82) is 0 Å². The molecule has 1 fully saturated rings. The molecule has 2 aromatic carbocycles. The maximum Gasteiger partial charge on any atom is 0.264 e. The highest BCUT2D eigenvalue weighted by Crippen LogP contribution is 2.35. The third-order valence-corrected chi connectivity index (χ3v) is 10.5. The predicted octanol–water partition coefficient (Wildman–Crippen LogP) is 4.35. The third kappa shape index (κ3) is 6.60. The van der Waals surface area contributed by atoms with Crippen molar-refractivity contribution in [3.8, 4) is 0 Å². The minimum Gasteiger partial charge on any atom is -0.323 e. The summed E-state index contributed by atoms with van der Waals surface area (Å²) in [7, 11) is -4.00. The van der Waals surface area contributed by atoms with E-state index in [1.807, 2.05) is 32.2 Å². The number of piperidine rings is 1. The number of aryl methyl sites for hydroxylation is 3. The molecule has 3 aromatic rings. The van der Waals surface area contributed by atoms with Gasteiger partial charge in [0.2, 0.25) is 5.91 Å². The van der Waals surface area contributed by atoms with Crippen LogP contribution < -0.4 is 5.32 Å². The van der Waals surface area contributed by atoms with Crippen molar-refractivity contribution in [2.75, 3.05) is 13.1 Å². The number of sulfonamides is 1. The van der Waals surface area contributed by atoms with E-state index in [-0.39, 0.29) is 23.1 Å². The number of hydrogen-bond acceptors (Lipinski definition) is 6. The molecule has 1 aliphatic carbocycles. The van der Waals surface area contributed by atoms with E-state index in [4.69, 9.17) is 0 Å². The van der Waals surface area contributed by atoms with E-state index in [9.17, 15) is 13.2 Å². The Morgan fingerprint density at radius 1 is 0.977 bits per heavy atom. The summed E-state index contributed by atoms with van der Waals surface area (Å²) >= 11 is 0. The van der Waals surface area contributed by atoms with Crippen LogP contribution in [0.3, 0.4) is 0 Å². The number of carbonyl (C=O) groups excluding carboxylic acids is 1. The number of aromatic nitrogens is 3. The number of nitrogens with one attached hydrogen (secondary N) is 1. The van der Waals surface area contributed by atoms with E-state index in [0.29, 0.717) is 30.1 Å². The van der Waals surface area contributed by atoms with Crippen molar-refractivity contribution < 1.29 is 13.2 Å². The predicted molar refractivity (Wildman–Crippen MR) is 165 cm³/mol. The van der Waals surface area contributed by atoms with Gasteiger partial charge in [-0.1, -0.05) is 66.6 Å². The van der Waals surface area contributed by atoms with Crippen LogP contribution in [0, 0.1) is 12.8 Å². The second-order valence-corrected chi connectivity index (χ2v) is 13.9. The maximum absolute atomic E-state index is 14.1. The van der Waals surface area contributed by atoms with Crippen LogP contribution in [-0.2, 0) is 40.7 Å². The number of nitrogens with zero attached hydrogens (tertiary/aromatic N) is 5. The molecular formula is C33H40N6O3S. The summed E-state index contributed by atoms with van der Waals surface area (Å²) in [6, 6.07) is 14.6. The van der Waals surface area contributed by atoms with Crippen molar-refractivity contribution in [2.45, 2.75) is 76.4 Å².